The van der Waals surface area contributed by atoms with Crippen LogP contribution in [0, 0.1) is 5.41 Å². The number of aromatic nitrogens is 3. The van der Waals surface area contributed by atoms with Gasteiger partial charge in [0.2, 0.25) is 0 Å². The van der Waals surface area contributed by atoms with Crippen LogP contribution in [0.25, 0.3) is 0 Å². The Morgan fingerprint density at radius 2 is 1.91 bits per heavy atom. The van der Waals surface area contributed by atoms with Gasteiger partial charge in [-0.3, -0.25) is 0 Å². The topological polar surface area (TPSA) is 72.4 Å². The molecule has 0 amide bonds. The van der Waals surface area contributed by atoms with Crippen LogP contribution in [0.3, 0.4) is 0 Å². The van der Waals surface area contributed by atoms with Gasteiger partial charge in [0.15, 0.2) is 11.6 Å². The summed E-state index contributed by atoms with van der Waals surface area (Å²) >= 11 is 1.59. The molecule has 8 heteroatoms. The monoisotopic (exact) mass is 453 g/mol. The summed E-state index contributed by atoms with van der Waals surface area (Å²) in [7, 11) is 0. The van der Waals surface area contributed by atoms with Crippen LogP contribution in [0.2, 0.25) is 0 Å². The summed E-state index contributed by atoms with van der Waals surface area (Å²) in [5, 5.41) is 4.55. The molecular formula is C24H31N5O2S. The van der Waals surface area contributed by atoms with E-state index in [0.717, 1.165) is 59.8 Å². The number of piperidine rings is 1. The Kier molecular flexibility index (Phi) is 5.17. The van der Waals surface area contributed by atoms with Crippen molar-refractivity contribution in [3.8, 4) is 5.75 Å². The van der Waals surface area contributed by atoms with Crippen LogP contribution < -0.4 is 15.0 Å². The van der Waals surface area contributed by atoms with Crippen LogP contribution in [0.1, 0.15) is 51.9 Å². The van der Waals surface area contributed by atoms with Gasteiger partial charge in [0.05, 0.1) is 35.5 Å². The first kappa shape index (κ1) is 20.5. The van der Waals surface area contributed by atoms with Crippen molar-refractivity contribution < 1.29 is 9.47 Å². The highest BCUT2D eigenvalue weighted by Crippen LogP contribution is 2.45. The molecule has 2 aromatic heterocycles. The van der Waals surface area contributed by atoms with E-state index >= 15 is 0 Å². The highest BCUT2D eigenvalue weighted by Gasteiger charge is 2.41. The molecule has 2 spiro atoms. The van der Waals surface area contributed by atoms with Crippen molar-refractivity contribution in [1.29, 1.82) is 0 Å². The second-order valence-corrected chi connectivity index (χ2v) is 11.1. The number of fused-ring (bicyclic) bond motifs is 1. The minimum absolute atomic E-state index is 0.0699. The first-order valence-corrected chi connectivity index (χ1v) is 12.7. The van der Waals surface area contributed by atoms with Crippen LogP contribution >= 0.6 is 11.8 Å². The van der Waals surface area contributed by atoms with E-state index in [1.165, 1.54) is 32.1 Å². The third-order valence-corrected chi connectivity index (χ3v) is 8.64. The second-order valence-electron chi connectivity index (χ2n) is 10.0. The fraction of sp³-hybridized carbons (Fsp3) is 0.625. The number of hydrogen-bond acceptors (Lipinski definition) is 8. The molecule has 1 saturated carbocycles. The first-order valence-electron chi connectivity index (χ1n) is 11.9. The SMILES string of the molecule is C[C@H]1CC2(CCN(c3cnc(Sc4ccnc5c4OCC4(CCCC4)N5)cn3)CC2)CO1. The average molecular weight is 454 g/mol. The molecule has 7 nitrogen and oxygen atoms in total. The molecule has 3 aliphatic heterocycles. The summed E-state index contributed by atoms with van der Waals surface area (Å²) in [6, 6.07) is 2.00. The number of anilines is 2. The van der Waals surface area contributed by atoms with E-state index in [9.17, 15) is 0 Å². The van der Waals surface area contributed by atoms with E-state index in [-0.39, 0.29) is 5.54 Å². The van der Waals surface area contributed by atoms with Crippen molar-refractivity contribution in [2.75, 3.05) is 36.5 Å². The molecule has 0 aromatic carbocycles. The van der Waals surface area contributed by atoms with E-state index in [1.54, 1.807) is 11.8 Å². The predicted molar refractivity (Wildman–Crippen MR) is 125 cm³/mol. The Labute approximate surface area is 193 Å². The van der Waals surface area contributed by atoms with Crippen LogP contribution in [-0.4, -0.2) is 52.9 Å². The summed E-state index contributed by atoms with van der Waals surface area (Å²) in [6.45, 7) is 5.87. The molecule has 1 atom stereocenters. The second kappa shape index (κ2) is 8.06. The van der Waals surface area contributed by atoms with Gasteiger partial charge < -0.3 is 19.7 Å². The van der Waals surface area contributed by atoms with Crippen LogP contribution in [0.5, 0.6) is 5.75 Å². The Hall–Kier alpha value is -2.06. The fourth-order valence-electron chi connectivity index (χ4n) is 5.80. The maximum atomic E-state index is 6.22. The maximum absolute atomic E-state index is 6.22. The quantitative estimate of drug-likeness (QED) is 0.726. The number of nitrogens with zero attached hydrogens (tertiary/aromatic N) is 4. The molecule has 2 saturated heterocycles. The molecule has 0 bridgehead atoms. The minimum Gasteiger partial charge on any atom is -0.486 e. The Bertz CT molecular complexity index is 971. The van der Waals surface area contributed by atoms with E-state index in [0.29, 0.717) is 18.1 Å². The Morgan fingerprint density at radius 3 is 2.62 bits per heavy atom. The largest absolute Gasteiger partial charge is 0.486 e. The zero-order valence-electron chi connectivity index (χ0n) is 18.7. The molecule has 2 aromatic rings. The molecule has 5 heterocycles. The van der Waals surface area contributed by atoms with Crippen molar-refractivity contribution in [2.45, 2.75) is 73.4 Å². The van der Waals surface area contributed by atoms with E-state index in [4.69, 9.17) is 19.4 Å². The molecule has 3 fully saturated rings. The molecule has 170 valence electrons. The molecule has 0 unspecified atom stereocenters. The average Bonchev–Trinajstić information content (AvgIpc) is 3.41. The summed E-state index contributed by atoms with van der Waals surface area (Å²) in [6.07, 6.45) is 14.4. The third-order valence-electron chi connectivity index (χ3n) is 7.68. The summed E-state index contributed by atoms with van der Waals surface area (Å²) in [4.78, 5) is 17.4. The van der Waals surface area contributed by atoms with Gasteiger partial charge in [0.1, 0.15) is 17.5 Å². The van der Waals surface area contributed by atoms with E-state index in [1.807, 2.05) is 24.7 Å². The first-order chi connectivity index (χ1) is 15.6. The summed E-state index contributed by atoms with van der Waals surface area (Å²) < 4.78 is 12.1. The molecule has 1 N–H and O–H groups in total. The number of hydrogen-bond donors (Lipinski definition) is 1. The Balaban J connectivity index is 1.12. The maximum Gasteiger partial charge on any atom is 0.175 e. The van der Waals surface area contributed by atoms with Crippen LogP contribution in [-0.2, 0) is 4.74 Å². The number of ether oxygens (including phenoxy) is 2. The smallest absolute Gasteiger partial charge is 0.175 e. The van der Waals surface area contributed by atoms with Gasteiger partial charge in [-0.2, -0.15) is 0 Å². The van der Waals surface area contributed by atoms with E-state index < -0.39 is 0 Å². The number of pyridine rings is 1. The zero-order valence-corrected chi connectivity index (χ0v) is 19.5. The van der Waals surface area contributed by atoms with Gasteiger partial charge in [0.25, 0.3) is 0 Å². The molecular weight excluding hydrogens is 422 g/mol. The van der Waals surface area contributed by atoms with Crippen molar-refractivity contribution >= 4 is 23.4 Å². The highest BCUT2D eigenvalue weighted by atomic mass is 32.2. The fourth-order valence-corrected chi connectivity index (χ4v) is 6.61. The molecule has 32 heavy (non-hydrogen) atoms. The zero-order chi connectivity index (χ0) is 21.6. The van der Waals surface area contributed by atoms with Crippen molar-refractivity contribution in [3.05, 3.63) is 24.7 Å². The van der Waals surface area contributed by atoms with Gasteiger partial charge in [-0.1, -0.05) is 24.6 Å². The lowest BCUT2D eigenvalue weighted by Gasteiger charge is -2.38. The van der Waals surface area contributed by atoms with Gasteiger partial charge in [-0.05, 0) is 50.5 Å². The lowest BCUT2D eigenvalue weighted by Crippen LogP contribution is -2.44. The highest BCUT2D eigenvalue weighted by molar-refractivity contribution is 7.99. The number of nitrogens with one attached hydrogen (secondary N) is 1. The lowest BCUT2D eigenvalue weighted by molar-refractivity contribution is 0.0976. The lowest BCUT2D eigenvalue weighted by atomic mass is 9.77. The summed E-state index contributed by atoms with van der Waals surface area (Å²) in [5.41, 5.74) is 0.450. The minimum atomic E-state index is 0.0699. The molecule has 4 aliphatic rings. The van der Waals surface area contributed by atoms with Gasteiger partial charge in [-0.25, -0.2) is 15.0 Å². The Morgan fingerprint density at radius 1 is 1.06 bits per heavy atom. The van der Waals surface area contributed by atoms with Crippen molar-refractivity contribution in [2.24, 2.45) is 5.41 Å². The van der Waals surface area contributed by atoms with Gasteiger partial charge >= 0.3 is 0 Å². The number of rotatable bonds is 3. The van der Waals surface area contributed by atoms with Crippen molar-refractivity contribution in [1.82, 2.24) is 15.0 Å². The third kappa shape index (κ3) is 3.81. The van der Waals surface area contributed by atoms with Crippen molar-refractivity contribution in [3.63, 3.8) is 0 Å². The van der Waals surface area contributed by atoms with Crippen LogP contribution in [0.4, 0.5) is 11.6 Å². The van der Waals surface area contributed by atoms with Gasteiger partial charge in [0, 0.05) is 19.3 Å². The predicted octanol–water partition coefficient (Wildman–Crippen LogP) is 4.54. The van der Waals surface area contributed by atoms with Gasteiger partial charge in [-0.15, -0.1) is 0 Å². The molecule has 0 radical (unpaired) electrons. The standard InChI is InChI=1S/C24H31N5O2S/c1-17-12-23(15-30-17)7-10-29(11-8-23)19-13-27-20(14-26-19)32-18-4-9-25-22-21(18)31-16-24(28-22)5-2-3-6-24/h4,9,13-14,17H,2-3,5-8,10-12,15-16H2,1H3,(H,25,28)/t17-/m0/s1. The molecule has 6 rings (SSSR count). The molecule has 1 aliphatic carbocycles. The summed E-state index contributed by atoms with van der Waals surface area (Å²) in [5.74, 6) is 2.67. The van der Waals surface area contributed by atoms with E-state index in [2.05, 4.69) is 22.1 Å². The normalized spacial score (nSPS) is 25.5. The van der Waals surface area contributed by atoms with Crippen LogP contribution in [0.15, 0.2) is 34.6 Å².